The van der Waals surface area contributed by atoms with Gasteiger partial charge >= 0.3 is 0 Å². The Balaban J connectivity index is 1.91. The van der Waals surface area contributed by atoms with Gasteiger partial charge in [-0.15, -0.1) is 0 Å². The lowest BCUT2D eigenvalue weighted by Gasteiger charge is -2.30. The van der Waals surface area contributed by atoms with Gasteiger partial charge in [-0.05, 0) is 7.05 Å². The van der Waals surface area contributed by atoms with E-state index in [1.165, 1.54) is 6.20 Å². The van der Waals surface area contributed by atoms with Crippen molar-refractivity contribution in [3.63, 3.8) is 0 Å². The van der Waals surface area contributed by atoms with Crippen molar-refractivity contribution in [3.8, 4) is 6.07 Å². The second-order valence-corrected chi connectivity index (χ2v) is 4.00. The Bertz CT molecular complexity index is 417. The van der Waals surface area contributed by atoms with Gasteiger partial charge in [0, 0.05) is 32.0 Å². The lowest BCUT2D eigenvalue weighted by molar-refractivity contribution is -0.0117. The quantitative estimate of drug-likeness (QED) is 0.797. The van der Waals surface area contributed by atoms with Crippen molar-refractivity contribution in [2.24, 2.45) is 0 Å². The first kappa shape index (κ1) is 11.8. The molecule has 90 valence electrons. The predicted molar refractivity (Wildman–Crippen MR) is 62.5 cm³/mol. The summed E-state index contributed by atoms with van der Waals surface area (Å²) in [4.78, 5) is 10.2. The molecule has 0 aliphatic carbocycles. The first-order valence-electron chi connectivity index (χ1n) is 5.54. The van der Waals surface area contributed by atoms with Crippen LogP contribution in [-0.2, 0) is 4.74 Å². The molecule has 0 amide bonds. The number of morpholine rings is 1. The second kappa shape index (κ2) is 5.57. The first-order valence-corrected chi connectivity index (χ1v) is 5.54. The molecular formula is C11H15N5O. The lowest BCUT2D eigenvalue weighted by Crippen LogP contribution is -2.43. The second-order valence-electron chi connectivity index (χ2n) is 4.00. The van der Waals surface area contributed by atoms with Crippen molar-refractivity contribution in [1.29, 1.82) is 5.26 Å². The van der Waals surface area contributed by atoms with Crippen LogP contribution in [0.2, 0.25) is 0 Å². The Morgan fingerprint density at radius 2 is 2.41 bits per heavy atom. The monoisotopic (exact) mass is 233 g/mol. The molecule has 1 N–H and O–H groups in total. The van der Waals surface area contributed by atoms with E-state index >= 15 is 0 Å². The van der Waals surface area contributed by atoms with Crippen molar-refractivity contribution in [2.75, 3.05) is 38.6 Å². The van der Waals surface area contributed by atoms with Crippen LogP contribution in [0.15, 0.2) is 12.4 Å². The molecule has 6 heteroatoms. The van der Waals surface area contributed by atoms with E-state index in [0.29, 0.717) is 18.1 Å². The zero-order valence-corrected chi connectivity index (χ0v) is 9.76. The van der Waals surface area contributed by atoms with Gasteiger partial charge in [-0.3, -0.25) is 0 Å². The van der Waals surface area contributed by atoms with E-state index in [2.05, 4.69) is 27.2 Å². The predicted octanol–water partition coefficient (Wildman–Crippen LogP) is 0.0908. The minimum absolute atomic E-state index is 0.127. The molecule has 2 rings (SSSR count). The van der Waals surface area contributed by atoms with Crippen LogP contribution in [0.5, 0.6) is 0 Å². The minimum atomic E-state index is 0.127. The van der Waals surface area contributed by atoms with Crippen LogP contribution in [0, 0.1) is 11.3 Å². The third kappa shape index (κ3) is 3.12. The van der Waals surface area contributed by atoms with E-state index in [0.717, 1.165) is 19.7 Å². The van der Waals surface area contributed by atoms with Gasteiger partial charge in [0.15, 0.2) is 11.5 Å². The lowest BCUT2D eigenvalue weighted by atomic mass is 10.3. The summed E-state index contributed by atoms with van der Waals surface area (Å²) in [5, 5.41) is 12.0. The van der Waals surface area contributed by atoms with Crippen LogP contribution >= 0.6 is 0 Å². The Morgan fingerprint density at radius 1 is 1.59 bits per heavy atom. The van der Waals surface area contributed by atoms with Gasteiger partial charge in [0.1, 0.15) is 6.07 Å². The number of hydrogen-bond donors (Lipinski definition) is 1. The van der Waals surface area contributed by atoms with Crippen molar-refractivity contribution in [1.82, 2.24) is 14.9 Å². The number of aromatic nitrogens is 2. The number of rotatable bonds is 3. The molecule has 0 bridgehead atoms. The number of ether oxygens (including phenoxy) is 1. The fourth-order valence-electron chi connectivity index (χ4n) is 1.75. The molecule has 1 fully saturated rings. The molecule has 6 nitrogen and oxygen atoms in total. The summed E-state index contributed by atoms with van der Waals surface area (Å²) in [6.07, 6.45) is 3.20. The van der Waals surface area contributed by atoms with Crippen molar-refractivity contribution in [3.05, 3.63) is 18.1 Å². The Hall–Kier alpha value is -1.71. The summed E-state index contributed by atoms with van der Waals surface area (Å²) in [6, 6.07) is 2.00. The van der Waals surface area contributed by atoms with Crippen LogP contribution < -0.4 is 5.32 Å². The average molecular weight is 233 g/mol. The van der Waals surface area contributed by atoms with E-state index in [1.807, 2.05) is 6.07 Å². The molecule has 1 aromatic heterocycles. The molecule has 1 atom stereocenters. The molecule has 1 unspecified atom stereocenters. The summed E-state index contributed by atoms with van der Waals surface area (Å²) < 4.78 is 5.61. The van der Waals surface area contributed by atoms with Crippen molar-refractivity contribution >= 4 is 5.82 Å². The summed E-state index contributed by atoms with van der Waals surface area (Å²) in [7, 11) is 2.07. The largest absolute Gasteiger partial charge is 0.374 e. The highest BCUT2D eigenvalue weighted by molar-refractivity contribution is 5.46. The van der Waals surface area contributed by atoms with Crippen molar-refractivity contribution < 1.29 is 4.74 Å². The van der Waals surface area contributed by atoms with Gasteiger partial charge in [0.2, 0.25) is 0 Å². The number of anilines is 1. The summed E-state index contributed by atoms with van der Waals surface area (Å²) >= 11 is 0. The number of nitrogens with one attached hydrogen (secondary N) is 1. The van der Waals surface area contributed by atoms with E-state index in [-0.39, 0.29) is 6.10 Å². The fraction of sp³-hybridized carbons (Fsp3) is 0.545. The Kier molecular flexibility index (Phi) is 3.85. The maximum Gasteiger partial charge on any atom is 0.182 e. The third-order valence-corrected chi connectivity index (χ3v) is 2.64. The minimum Gasteiger partial charge on any atom is -0.374 e. The van der Waals surface area contributed by atoms with Gasteiger partial charge in [-0.2, -0.15) is 5.26 Å². The average Bonchev–Trinajstić information content (AvgIpc) is 2.37. The van der Waals surface area contributed by atoms with Crippen LogP contribution in [0.3, 0.4) is 0 Å². The smallest absolute Gasteiger partial charge is 0.182 e. The molecule has 0 saturated carbocycles. The van der Waals surface area contributed by atoms with E-state index in [4.69, 9.17) is 10.00 Å². The van der Waals surface area contributed by atoms with Gasteiger partial charge in [0.05, 0.1) is 12.7 Å². The molecule has 2 heterocycles. The summed E-state index contributed by atoms with van der Waals surface area (Å²) in [5.74, 6) is 0.520. The highest BCUT2D eigenvalue weighted by atomic mass is 16.5. The molecule has 1 aromatic rings. The number of nitrogens with zero attached hydrogens (tertiary/aromatic N) is 4. The Morgan fingerprint density at radius 3 is 3.18 bits per heavy atom. The highest BCUT2D eigenvalue weighted by Crippen LogP contribution is 2.08. The first-order chi connectivity index (χ1) is 8.29. The summed E-state index contributed by atoms with van der Waals surface area (Å²) in [6.45, 7) is 3.23. The van der Waals surface area contributed by atoms with E-state index in [9.17, 15) is 0 Å². The van der Waals surface area contributed by atoms with E-state index in [1.54, 1.807) is 6.20 Å². The molecule has 1 aliphatic heterocycles. The molecule has 1 saturated heterocycles. The van der Waals surface area contributed by atoms with Crippen molar-refractivity contribution in [2.45, 2.75) is 6.10 Å². The summed E-state index contributed by atoms with van der Waals surface area (Å²) in [5.41, 5.74) is 0.316. The van der Waals surface area contributed by atoms with Gasteiger partial charge in [-0.1, -0.05) is 0 Å². The standard InChI is InChI=1S/C11H15N5O/c1-16-4-5-17-9(8-16)7-15-11-10(6-12)13-2-3-14-11/h2-3,9H,4-5,7-8H2,1H3,(H,14,15). The number of nitriles is 1. The SMILES string of the molecule is CN1CCOC(CNc2nccnc2C#N)C1. The fourth-order valence-corrected chi connectivity index (χ4v) is 1.75. The molecule has 17 heavy (non-hydrogen) atoms. The maximum absolute atomic E-state index is 8.87. The third-order valence-electron chi connectivity index (χ3n) is 2.64. The molecule has 0 spiro atoms. The zero-order valence-electron chi connectivity index (χ0n) is 9.76. The number of hydrogen-bond acceptors (Lipinski definition) is 6. The van der Waals surface area contributed by atoms with Crippen LogP contribution in [0.1, 0.15) is 5.69 Å². The van der Waals surface area contributed by atoms with Crippen LogP contribution in [-0.4, -0.2) is 54.3 Å². The van der Waals surface area contributed by atoms with Gasteiger partial charge in [-0.25, -0.2) is 9.97 Å². The van der Waals surface area contributed by atoms with Crippen LogP contribution in [0.25, 0.3) is 0 Å². The Labute approximate surface area is 100 Å². The molecule has 1 aliphatic rings. The molecule has 0 radical (unpaired) electrons. The zero-order chi connectivity index (χ0) is 12.1. The molecular weight excluding hydrogens is 218 g/mol. The van der Waals surface area contributed by atoms with Gasteiger partial charge < -0.3 is 15.0 Å². The number of likely N-dealkylation sites (N-methyl/N-ethyl adjacent to an activating group) is 1. The highest BCUT2D eigenvalue weighted by Gasteiger charge is 2.17. The maximum atomic E-state index is 8.87. The van der Waals surface area contributed by atoms with Gasteiger partial charge in [0.25, 0.3) is 0 Å². The van der Waals surface area contributed by atoms with E-state index < -0.39 is 0 Å². The topological polar surface area (TPSA) is 74.1 Å². The normalized spacial score (nSPS) is 20.8. The van der Waals surface area contributed by atoms with Crippen LogP contribution in [0.4, 0.5) is 5.82 Å². The molecule has 0 aromatic carbocycles.